The first-order valence-electron chi connectivity index (χ1n) is 6.25. The molecule has 0 radical (unpaired) electrons. The molecule has 0 unspecified atom stereocenters. The van der Waals surface area contributed by atoms with Crippen LogP contribution in [0.2, 0.25) is 0 Å². The van der Waals surface area contributed by atoms with Crippen LogP contribution >= 0.6 is 6.91 Å². The summed E-state index contributed by atoms with van der Waals surface area (Å²) in [5.74, 6) is 1.44. The van der Waals surface area contributed by atoms with Crippen LogP contribution in [0.15, 0.2) is 0 Å². The van der Waals surface area contributed by atoms with Crippen molar-refractivity contribution >= 4 is 6.91 Å². The standard InChI is InChI=1S/C13H30FP/c1-11(2)8-15(7,14,9-12(3)4)10-13(5)6/h11-13H,8-10H2,1-7H3. The van der Waals surface area contributed by atoms with Crippen LogP contribution in [0.5, 0.6) is 0 Å². The van der Waals surface area contributed by atoms with Gasteiger partial charge in [0, 0.05) is 0 Å². The van der Waals surface area contributed by atoms with Crippen molar-refractivity contribution in [3.8, 4) is 0 Å². The van der Waals surface area contributed by atoms with Crippen LogP contribution in [-0.2, 0) is 0 Å². The summed E-state index contributed by atoms with van der Waals surface area (Å²) in [6.07, 6.45) is 2.42. The van der Waals surface area contributed by atoms with E-state index in [0.29, 0.717) is 17.8 Å². The van der Waals surface area contributed by atoms with Gasteiger partial charge in [-0.25, -0.2) is 0 Å². The maximum absolute atomic E-state index is 15.4. The summed E-state index contributed by atoms with van der Waals surface area (Å²) in [6, 6.07) is 0. The minimum absolute atomic E-state index is 0.482. The van der Waals surface area contributed by atoms with Crippen molar-refractivity contribution < 1.29 is 4.20 Å². The first-order valence-corrected chi connectivity index (χ1v) is 9.38. The number of hydrogen-bond donors (Lipinski definition) is 0. The quantitative estimate of drug-likeness (QED) is 0.568. The Morgan fingerprint density at radius 1 is 0.733 bits per heavy atom. The van der Waals surface area contributed by atoms with Gasteiger partial charge in [-0.2, -0.15) is 0 Å². The number of hydrogen-bond acceptors (Lipinski definition) is 0. The fraction of sp³-hybridized carbons (Fsp3) is 1.00. The second-order valence-corrected chi connectivity index (χ2v) is 12.3. The molecule has 0 bridgehead atoms. The van der Waals surface area contributed by atoms with Gasteiger partial charge in [-0.1, -0.05) is 0 Å². The molecule has 0 aliphatic heterocycles. The zero-order valence-corrected chi connectivity index (χ0v) is 12.6. The van der Waals surface area contributed by atoms with Gasteiger partial charge in [0.15, 0.2) is 0 Å². The second-order valence-electron chi connectivity index (χ2n) is 6.88. The second kappa shape index (κ2) is 5.13. The molecule has 0 N–H and O–H groups in total. The van der Waals surface area contributed by atoms with Crippen molar-refractivity contribution in [2.24, 2.45) is 17.8 Å². The molecule has 0 spiro atoms. The third-order valence-electron chi connectivity index (χ3n) is 2.62. The van der Waals surface area contributed by atoms with E-state index in [-0.39, 0.29) is 0 Å². The maximum atomic E-state index is 15.4. The summed E-state index contributed by atoms with van der Waals surface area (Å²) in [6.45, 7) is 11.9. The molecule has 0 aromatic heterocycles. The third-order valence-corrected chi connectivity index (χ3v) is 7.87. The van der Waals surface area contributed by atoms with Gasteiger partial charge < -0.3 is 0 Å². The van der Waals surface area contributed by atoms with Gasteiger partial charge >= 0.3 is 95.6 Å². The Kier molecular flexibility index (Phi) is 5.25. The van der Waals surface area contributed by atoms with Gasteiger partial charge in [0.05, 0.1) is 0 Å². The fourth-order valence-electron chi connectivity index (χ4n) is 3.28. The van der Waals surface area contributed by atoms with E-state index in [1.54, 1.807) is 0 Å². The van der Waals surface area contributed by atoms with Crippen molar-refractivity contribution in [1.29, 1.82) is 0 Å². The molecule has 2 heteroatoms. The van der Waals surface area contributed by atoms with Crippen LogP contribution in [-0.4, -0.2) is 25.2 Å². The zero-order chi connectivity index (χ0) is 12.3. The first-order chi connectivity index (χ1) is 6.53. The van der Waals surface area contributed by atoms with Crippen molar-refractivity contribution in [3.63, 3.8) is 0 Å². The average molecular weight is 236 g/mol. The van der Waals surface area contributed by atoms with Gasteiger partial charge in [-0.3, -0.25) is 0 Å². The normalized spacial score (nSPS) is 16.1. The first kappa shape index (κ1) is 15.4. The summed E-state index contributed by atoms with van der Waals surface area (Å²) < 4.78 is 15.4. The molecule has 0 aromatic carbocycles. The van der Waals surface area contributed by atoms with E-state index in [9.17, 15) is 0 Å². The molecule has 0 nitrogen and oxygen atoms in total. The summed E-state index contributed by atoms with van der Waals surface area (Å²) in [4.78, 5) is 0. The predicted molar refractivity (Wildman–Crippen MR) is 73.1 cm³/mol. The average Bonchev–Trinajstić information content (AvgIpc) is 1.74. The van der Waals surface area contributed by atoms with Gasteiger partial charge in [-0.15, -0.1) is 0 Å². The van der Waals surface area contributed by atoms with Crippen LogP contribution in [0.1, 0.15) is 41.5 Å². The molecular formula is C13H30FP. The van der Waals surface area contributed by atoms with E-state index in [1.807, 2.05) is 6.66 Å². The molecule has 0 aliphatic carbocycles. The summed E-state index contributed by atoms with van der Waals surface area (Å²) in [7, 11) is 0. The van der Waals surface area contributed by atoms with E-state index in [1.165, 1.54) is 0 Å². The molecule has 0 rings (SSSR count). The van der Waals surface area contributed by atoms with E-state index in [0.717, 1.165) is 18.5 Å². The molecule has 0 saturated carbocycles. The monoisotopic (exact) mass is 236 g/mol. The number of halogens is 1. The molecule has 0 aliphatic rings. The molecule has 0 atom stereocenters. The van der Waals surface area contributed by atoms with Gasteiger partial charge in [-0.05, 0) is 0 Å². The zero-order valence-electron chi connectivity index (χ0n) is 11.7. The van der Waals surface area contributed by atoms with Crippen LogP contribution in [0, 0.1) is 17.8 Å². The third kappa shape index (κ3) is 6.51. The Bertz CT molecular complexity index is 161. The van der Waals surface area contributed by atoms with E-state index >= 15 is 4.20 Å². The Morgan fingerprint density at radius 3 is 1.07 bits per heavy atom. The van der Waals surface area contributed by atoms with Gasteiger partial charge in [0.25, 0.3) is 0 Å². The van der Waals surface area contributed by atoms with Crippen LogP contribution in [0.25, 0.3) is 0 Å². The van der Waals surface area contributed by atoms with E-state index in [4.69, 9.17) is 0 Å². The number of rotatable bonds is 6. The van der Waals surface area contributed by atoms with E-state index < -0.39 is 6.91 Å². The topological polar surface area (TPSA) is 0 Å². The molecule has 0 fully saturated rings. The minimum atomic E-state index is -2.91. The Balaban J connectivity index is 4.79. The molecule has 0 heterocycles. The van der Waals surface area contributed by atoms with E-state index in [2.05, 4.69) is 41.5 Å². The van der Waals surface area contributed by atoms with Crippen LogP contribution < -0.4 is 0 Å². The van der Waals surface area contributed by atoms with Crippen molar-refractivity contribution in [1.82, 2.24) is 0 Å². The molecular weight excluding hydrogens is 206 g/mol. The van der Waals surface area contributed by atoms with Crippen molar-refractivity contribution in [3.05, 3.63) is 0 Å². The Morgan fingerprint density at radius 2 is 0.933 bits per heavy atom. The molecule has 0 saturated heterocycles. The summed E-state index contributed by atoms with van der Waals surface area (Å²) in [5.41, 5.74) is 0. The fourth-order valence-corrected chi connectivity index (χ4v) is 9.85. The molecule has 15 heavy (non-hydrogen) atoms. The summed E-state index contributed by atoms with van der Waals surface area (Å²) in [5, 5.41) is 0. The van der Waals surface area contributed by atoms with Crippen LogP contribution in [0.3, 0.4) is 0 Å². The van der Waals surface area contributed by atoms with Crippen LogP contribution in [0.4, 0.5) is 4.20 Å². The SMILES string of the molecule is CC(C)CP(C)(F)(CC(C)C)CC(C)C. The van der Waals surface area contributed by atoms with Crippen molar-refractivity contribution in [2.75, 3.05) is 25.2 Å². The Labute approximate surface area is 96.1 Å². The van der Waals surface area contributed by atoms with Crippen molar-refractivity contribution in [2.45, 2.75) is 41.5 Å². The Hall–Kier alpha value is 0.360. The van der Waals surface area contributed by atoms with Gasteiger partial charge in [0.2, 0.25) is 0 Å². The van der Waals surface area contributed by atoms with Gasteiger partial charge in [0.1, 0.15) is 0 Å². The molecule has 0 amide bonds. The molecule has 0 aromatic rings. The predicted octanol–water partition coefficient (Wildman–Crippen LogP) is 5.02. The molecule has 94 valence electrons. The summed E-state index contributed by atoms with van der Waals surface area (Å²) >= 11 is 0.